The van der Waals surface area contributed by atoms with Gasteiger partial charge in [-0.05, 0) is 70.5 Å². The van der Waals surface area contributed by atoms with E-state index in [2.05, 4.69) is 27.7 Å². The van der Waals surface area contributed by atoms with Gasteiger partial charge in [-0.1, -0.05) is 43.9 Å². The van der Waals surface area contributed by atoms with Gasteiger partial charge in [0.05, 0.1) is 17.3 Å². The standard InChI is InChI=1S/C31H42F3N5O2/c1-38(23-11-2-3-12-23)18-17-22(19-29(40)35-21-9-8-10-21)36-30(41)27-20-28(39(37-27)24-13-4-5-14-24)25-15-6-7-16-26(25)31(32,33)34/h6-7,15-16,20-24H,2-5,8-14,17-19H2,1H3,(H,35,40)(H,36,41)/t22-/m0/s1. The third kappa shape index (κ3) is 7.31. The second-order valence-corrected chi connectivity index (χ2v) is 12.1. The van der Waals surface area contributed by atoms with Crippen molar-refractivity contribution in [2.75, 3.05) is 13.6 Å². The Labute approximate surface area is 240 Å². The first-order chi connectivity index (χ1) is 19.7. The van der Waals surface area contributed by atoms with E-state index in [0.717, 1.165) is 70.4 Å². The van der Waals surface area contributed by atoms with Crippen molar-refractivity contribution in [2.45, 2.75) is 114 Å². The van der Waals surface area contributed by atoms with Crippen molar-refractivity contribution in [1.29, 1.82) is 0 Å². The van der Waals surface area contributed by atoms with Crippen LogP contribution < -0.4 is 10.6 Å². The van der Waals surface area contributed by atoms with E-state index >= 15 is 0 Å². The Kier molecular flexibility index (Phi) is 9.36. The van der Waals surface area contributed by atoms with Crippen LogP contribution >= 0.6 is 0 Å². The fraction of sp³-hybridized carbons (Fsp3) is 0.645. The van der Waals surface area contributed by atoms with Crippen LogP contribution in [0.3, 0.4) is 0 Å². The van der Waals surface area contributed by atoms with Crippen LogP contribution in [-0.2, 0) is 11.0 Å². The Morgan fingerprint density at radius 2 is 1.71 bits per heavy atom. The number of carbonyl (C=O) groups excluding carboxylic acids is 2. The minimum absolute atomic E-state index is 0.0214. The minimum Gasteiger partial charge on any atom is -0.353 e. The summed E-state index contributed by atoms with van der Waals surface area (Å²) in [5, 5.41) is 10.7. The fourth-order valence-corrected chi connectivity index (χ4v) is 6.52. The number of hydrogen-bond donors (Lipinski definition) is 2. The van der Waals surface area contributed by atoms with E-state index in [4.69, 9.17) is 0 Å². The summed E-state index contributed by atoms with van der Waals surface area (Å²) in [4.78, 5) is 28.7. The molecule has 1 aromatic carbocycles. The van der Waals surface area contributed by atoms with E-state index in [1.165, 1.54) is 31.0 Å². The molecule has 2 aromatic rings. The monoisotopic (exact) mass is 573 g/mol. The average Bonchev–Trinajstić information content (AvgIpc) is 3.70. The quantitative estimate of drug-likeness (QED) is 0.340. The summed E-state index contributed by atoms with van der Waals surface area (Å²) in [6, 6.07) is 7.20. The minimum atomic E-state index is -4.53. The van der Waals surface area contributed by atoms with Gasteiger partial charge in [-0.25, -0.2) is 0 Å². The van der Waals surface area contributed by atoms with Crippen LogP contribution in [0, 0.1) is 0 Å². The lowest BCUT2D eigenvalue weighted by Gasteiger charge is -2.29. The number of benzene rings is 1. The molecule has 0 spiro atoms. The molecule has 1 aromatic heterocycles. The summed E-state index contributed by atoms with van der Waals surface area (Å²) in [6.45, 7) is 0.743. The van der Waals surface area contributed by atoms with E-state index in [1.54, 1.807) is 10.7 Å². The van der Waals surface area contributed by atoms with E-state index in [1.807, 2.05) is 0 Å². The van der Waals surface area contributed by atoms with E-state index in [-0.39, 0.29) is 35.7 Å². The molecule has 3 fully saturated rings. The molecule has 10 heteroatoms. The first-order valence-corrected chi connectivity index (χ1v) is 15.3. The van der Waals surface area contributed by atoms with Crippen molar-refractivity contribution in [1.82, 2.24) is 25.3 Å². The normalized spacial score (nSPS) is 19.4. The highest BCUT2D eigenvalue weighted by Crippen LogP contribution is 2.40. The largest absolute Gasteiger partial charge is 0.417 e. The number of carbonyl (C=O) groups is 2. The Hall–Kier alpha value is -2.88. The molecule has 0 aliphatic heterocycles. The molecular formula is C31H42F3N5O2. The van der Waals surface area contributed by atoms with Gasteiger partial charge in [-0.3, -0.25) is 14.3 Å². The first kappa shape index (κ1) is 29.6. The van der Waals surface area contributed by atoms with Gasteiger partial charge in [-0.15, -0.1) is 0 Å². The van der Waals surface area contributed by atoms with Crippen LogP contribution in [-0.4, -0.2) is 58.2 Å². The van der Waals surface area contributed by atoms with Crippen LogP contribution in [0.15, 0.2) is 30.3 Å². The molecule has 2 N–H and O–H groups in total. The van der Waals surface area contributed by atoms with E-state index < -0.39 is 23.7 Å². The van der Waals surface area contributed by atoms with Gasteiger partial charge in [0, 0.05) is 36.7 Å². The van der Waals surface area contributed by atoms with Crippen LogP contribution in [0.2, 0.25) is 0 Å². The lowest BCUT2D eigenvalue weighted by molar-refractivity contribution is -0.137. The highest BCUT2D eigenvalue weighted by atomic mass is 19.4. The molecule has 3 aliphatic carbocycles. The average molecular weight is 574 g/mol. The van der Waals surface area contributed by atoms with Crippen molar-refractivity contribution >= 4 is 11.8 Å². The molecule has 0 radical (unpaired) electrons. The van der Waals surface area contributed by atoms with E-state index in [0.29, 0.717) is 18.2 Å². The Morgan fingerprint density at radius 3 is 2.37 bits per heavy atom. The predicted molar refractivity (Wildman–Crippen MR) is 151 cm³/mol. The number of aromatic nitrogens is 2. The molecular weight excluding hydrogens is 531 g/mol. The molecule has 0 unspecified atom stereocenters. The molecule has 3 aliphatic rings. The van der Waals surface area contributed by atoms with Gasteiger partial charge in [0.15, 0.2) is 5.69 Å². The summed E-state index contributed by atoms with van der Waals surface area (Å²) >= 11 is 0. The third-order valence-electron chi connectivity index (χ3n) is 9.16. The van der Waals surface area contributed by atoms with Crippen LogP contribution in [0.4, 0.5) is 13.2 Å². The molecule has 3 saturated carbocycles. The highest BCUT2D eigenvalue weighted by Gasteiger charge is 2.35. The smallest absolute Gasteiger partial charge is 0.353 e. The summed E-state index contributed by atoms with van der Waals surface area (Å²) < 4.78 is 43.4. The molecule has 7 nitrogen and oxygen atoms in total. The maximum Gasteiger partial charge on any atom is 0.417 e. The number of alkyl halides is 3. The number of hydrogen-bond acceptors (Lipinski definition) is 4. The van der Waals surface area contributed by atoms with Gasteiger partial charge in [0.2, 0.25) is 5.91 Å². The molecule has 224 valence electrons. The molecule has 2 amide bonds. The number of rotatable bonds is 11. The van der Waals surface area contributed by atoms with Crippen LogP contribution in [0.5, 0.6) is 0 Å². The topological polar surface area (TPSA) is 79.3 Å². The van der Waals surface area contributed by atoms with Gasteiger partial charge >= 0.3 is 6.18 Å². The van der Waals surface area contributed by atoms with Crippen molar-refractivity contribution in [3.05, 3.63) is 41.6 Å². The van der Waals surface area contributed by atoms with E-state index in [9.17, 15) is 22.8 Å². The molecule has 0 saturated heterocycles. The van der Waals surface area contributed by atoms with Gasteiger partial charge in [-0.2, -0.15) is 18.3 Å². The second kappa shape index (κ2) is 13.0. The Bertz CT molecular complexity index is 1200. The van der Waals surface area contributed by atoms with Gasteiger partial charge < -0.3 is 15.5 Å². The second-order valence-electron chi connectivity index (χ2n) is 12.1. The number of amides is 2. The zero-order valence-electron chi connectivity index (χ0n) is 23.9. The van der Waals surface area contributed by atoms with Crippen molar-refractivity contribution in [3.63, 3.8) is 0 Å². The van der Waals surface area contributed by atoms with Crippen molar-refractivity contribution in [3.8, 4) is 11.3 Å². The van der Waals surface area contributed by atoms with Crippen LogP contribution in [0.25, 0.3) is 11.3 Å². The Balaban J connectivity index is 1.36. The maximum absolute atomic E-state index is 13.9. The maximum atomic E-state index is 13.9. The zero-order valence-corrected chi connectivity index (χ0v) is 23.9. The summed E-state index contributed by atoms with van der Waals surface area (Å²) in [6.07, 6.45) is 7.63. The number of nitrogens with zero attached hydrogens (tertiary/aromatic N) is 3. The molecule has 41 heavy (non-hydrogen) atoms. The molecule has 1 atom stereocenters. The summed E-state index contributed by atoms with van der Waals surface area (Å²) in [5.41, 5.74) is -0.340. The molecule has 1 heterocycles. The van der Waals surface area contributed by atoms with Crippen molar-refractivity contribution in [2.24, 2.45) is 0 Å². The van der Waals surface area contributed by atoms with Gasteiger partial charge in [0.1, 0.15) is 0 Å². The SMILES string of the molecule is CN(CC[C@@H](CC(=O)NC1CCC1)NC(=O)c1cc(-c2ccccc2C(F)(F)F)n(C2CCCC2)n1)C1CCCC1. The molecule has 0 bridgehead atoms. The lowest BCUT2D eigenvalue weighted by Crippen LogP contribution is -2.45. The number of nitrogens with one attached hydrogen (secondary N) is 2. The van der Waals surface area contributed by atoms with Crippen LogP contribution in [0.1, 0.15) is 106 Å². The zero-order chi connectivity index (χ0) is 29.0. The lowest BCUT2D eigenvalue weighted by atomic mass is 9.93. The first-order valence-electron chi connectivity index (χ1n) is 15.3. The predicted octanol–water partition coefficient (Wildman–Crippen LogP) is 6.11. The van der Waals surface area contributed by atoms with Gasteiger partial charge in [0.25, 0.3) is 5.91 Å². The number of halogens is 3. The third-order valence-corrected chi connectivity index (χ3v) is 9.16. The highest BCUT2D eigenvalue weighted by molar-refractivity contribution is 5.94. The van der Waals surface area contributed by atoms with Crippen molar-refractivity contribution < 1.29 is 22.8 Å². The summed E-state index contributed by atoms with van der Waals surface area (Å²) in [5.74, 6) is -0.544. The summed E-state index contributed by atoms with van der Waals surface area (Å²) in [7, 11) is 2.09. The molecule has 5 rings (SSSR count). The fourth-order valence-electron chi connectivity index (χ4n) is 6.52. The Morgan fingerprint density at radius 1 is 1.02 bits per heavy atom.